The third-order valence-corrected chi connectivity index (χ3v) is 2.66. The monoisotopic (exact) mass is 204 g/mol. The SMILES string of the molecule is CN(c1cccc(C#N)c1)C(C)(C)CO. The van der Waals surface area contributed by atoms with Gasteiger partial charge in [0.05, 0.1) is 23.8 Å². The molecule has 0 heterocycles. The van der Waals surface area contributed by atoms with E-state index in [0.717, 1.165) is 5.69 Å². The molecule has 0 unspecified atom stereocenters. The molecule has 0 aliphatic rings. The van der Waals surface area contributed by atoms with Gasteiger partial charge in [0.1, 0.15) is 0 Å². The number of benzene rings is 1. The average Bonchev–Trinajstić information content (AvgIpc) is 2.28. The fourth-order valence-corrected chi connectivity index (χ4v) is 1.24. The molecule has 0 bridgehead atoms. The molecule has 1 aromatic carbocycles. The number of aliphatic hydroxyl groups excluding tert-OH is 1. The highest BCUT2D eigenvalue weighted by molar-refractivity contribution is 5.52. The van der Waals surface area contributed by atoms with Gasteiger partial charge in [-0.1, -0.05) is 6.07 Å². The fourth-order valence-electron chi connectivity index (χ4n) is 1.24. The van der Waals surface area contributed by atoms with E-state index in [1.807, 2.05) is 44.0 Å². The van der Waals surface area contributed by atoms with Crippen LogP contribution in [-0.4, -0.2) is 24.3 Å². The molecule has 0 saturated heterocycles. The Kier molecular flexibility index (Phi) is 3.33. The van der Waals surface area contributed by atoms with Crippen LogP contribution in [0.15, 0.2) is 24.3 Å². The number of anilines is 1. The molecule has 0 aliphatic carbocycles. The van der Waals surface area contributed by atoms with Gasteiger partial charge in [0.25, 0.3) is 0 Å². The third kappa shape index (κ3) is 2.48. The molecule has 1 N–H and O–H groups in total. The van der Waals surface area contributed by atoms with Crippen LogP contribution in [-0.2, 0) is 0 Å². The highest BCUT2D eigenvalue weighted by atomic mass is 16.3. The maximum atomic E-state index is 9.25. The van der Waals surface area contributed by atoms with Crippen molar-refractivity contribution in [3.8, 4) is 6.07 Å². The van der Waals surface area contributed by atoms with Gasteiger partial charge < -0.3 is 10.0 Å². The molecular formula is C12H16N2O. The molecule has 80 valence electrons. The molecule has 1 rings (SSSR count). The maximum Gasteiger partial charge on any atom is 0.0992 e. The first-order valence-electron chi connectivity index (χ1n) is 4.86. The summed E-state index contributed by atoms with van der Waals surface area (Å²) in [5, 5.41) is 18.0. The van der Waals surface area contributed by atoms with Crippen LogP contribution in [0.2, 0.25) is 0 Å². The van der Waals surface area contributed by atoms with Crippen molar-refractivity contribution in [1.82, 2.24) is 0 Å². The molecule has 0 fully saturated rings. The second-order valence-corrected chi connectivity index (χ2v) is 4.19. The van der Waals surface area contributed by atoms with Crippen molar-refractivity contribution in [3.63, 3.8) is 0 Å². The lowest BCUT2D eigenvalue weighted by Gasteiger charge is -2.35. The number of hydrogen-bond acceptors (Lipinski definition) is 3. The lowest BCUT2D eigenvalue weighted by Crippen LogP contribution is -2.44. The Bertz CT molecular complexity index is 379. The van der Waals surface area contributed by atoms with Gasteiger partial charge in [0, 0.05) is 12.7 Å². The van der Waals surface area contributed by atoms with Gasteiger partial charge in [-0.05, 0) is 32.0 Å². The standard InChI is InChI=1S/C12H16N2O/c1-12(2,9-15)14(3)11-6-4-5-10(7-11)8-13/h4-7,15H,9H2,1-3H3. The molecule has 0 aliphatic heterocycles. The number of rotatable bonds is 3. The molecule has 0 spiro atoms. The molecule has 1 aromatic rings. The summed E-state index contributed by atoms with van der Waals surface area (Å²) in [6.07, 6.45) is 0. The lowest BCUT2D eigenvalue weighted by atomic mass is 10.0. The van der Waals surface area contributed by atoms with Gasteiger partial charge in [-0.2, -0.15) is 5.26 Å². The van der Waals surface area contributed by atoms with E-state index in [1.165, 1.54) is 0 Å². The highest BCUT2D eigenvalue weighted by Gasteiger charge is 2.22. The zero-order valence-electron chi connectivity index (χ0n) is 9.36. The van der Waals surface area contributed by atoms with E-state index in [4.69, 9.17) is 5.26 Å². The quantitative estimate of drug-likeness (QED) is 0.816. The van der Waals surface area contributed by atoms with Crippen LogP contribution >= 0.6 is 0 Å². The van der Waals surface area contributed by atoms with Gasteiger partial charge in [0.15, 0.2) is 0 Å². The van der Waals surface area contributed by atoms with Gasteiger partial charge >= 0.3 is 0 Å². The number of nitrogens with zero attached hydrogens (tertiary/aromatic N) is 2. The van der Waals surface area contributed by atoms with Crippen LogP contribution in [0.4, 0.5) is 5.69 Å². The van der Waals surface area contributed by atoms with Crippen LogP contribution in [0, 0.1) is 11.3 Å². The Labute approximate surface area is 90.6 Å². The molecule has 0 radical (unpaired) electrons. The summed E-state index contributed by atoms with van der Waals surface area (Å²) in [6, 6.07) is 9.46. The summed E-state index contributed by atoms with van der Waals surface area (Å²) in [5.74, 6) is 0. The first-order chi connectivity index (χ1) is 7.01. The summed E-state index contributed by atoms with van der Waals surface area (Å²) in [7, 11) is 1.91. The molecule has 3 nitrogen and oxygen atoms in total. The summed E-state index contributed by atoms with van der Waals surface area (Å²) in [6.45, 7) is 3.97. The van der Waals surface area contributed by atoms with Crippen molar-refractivity contribution in [1.29, 1.82) is 5.26 Å². The van der Waals surface area contributed by atoms with Crippen molar-refractivity contribution >= 4 is 5.69 Å². The topological polar surface area (TPSA) is 47.3 Å². The minimum absolute atomic E-state index is 0.0697. The Morgan fingerprint density at radius 2 is 2.13 bits per heavy atom. The molecule has 0 atom stereocenters. The molecular weight excluding hydrogens is 188 g/mol. The van der Waals surface area contributed by atoms with Gasteiger partial charge in [0.2, 0.25) is 0 Å². The van der Waals surface area contributed by atoms with Gasteiger partial charge in [-0.3, -0.25) is 0 Å². The van der Waals surface area contributed by atoms with E-state index in [0.29, 0.717) is 5.56 Å². The predicted molar refractivity (Wildman–Crippen MR) is 60.7 cm³/mol. The summed E-state index contributed by atoms with van der Waals surface area (Å²) >= 11 is 0. The second-order valence-electron chi connectivity index (χ2n) is 4.19. The van der Waals surface area contributed by atoms with E-state index in [-0.39, 0.29) is 12.1 Å². The number of likely N-dealkylation sites (N-methyl/N-ethyl adjacent to an activating group) is 1. The van der Waals surface area contributed by atoms with Crippen molar-refractivity contribution in [2.45, 2.75) is 19.4 Å². The van der Waals surface area contributed by atoms with E-state index < -0.39 is 0 Å². The molecule has 3 heteroatoms. The molecule has 0 saturated carbocycles. The Morgan fingerprint density at radius 3 is 2.67 bits per heavy atom. The van der Waals surface area contributed by atoms with Crippen LogP contribution in [0.3, 0.4) is 0 Å². The van der Waals surface area contributed by atoms with Crippen molar-refractivity contribution in [2.24, 2.45) is 0 Å². The van der Waals surface area contributed by atoms with Crippen molar-refractivity contribution in [2.75, 3.05) is 18.6 Å². The van der Waals surface area contributed by atoms with Gasteiger partial charge in [-0.15, -0.1) is 0 Å². The van der Waals surface area contributed by atoms with Crippen LogP contribution in [0.5, 0.6) is 0 Å². The van der Waals surface area contributed by atoms with E-state index >= 15 is 0 Å². The van der Waals surface area contributed by atoms with E-state index in [9.17, 15) is 5.11 Å². The Hall–Kier alpha value is -1.53. The highest BCUT2D eigenvalue weighted by Crippen LogP contribution is 2.22. The van der Waals surface area contributed by atoms with Crippen LogP contribution < -0.4 is 4.90 Å². The minimum atomic E-state index is -0.325. The zero-order chi connectivity index (χ0) is 11.5. The second kappa shape index (κ2) is 4.33. The molecule has 15 heavy (non-hydrogen) atoms. The van der Waals surface area contributed by atoms with Crippen LogP contribution in [0.25, 0.3) is 0 Å². The largest absolute Gasteiger partial charge is 0.394 e. The number of hydrogen-bond donors (Lipinski definition) is 1. The third-order valence-electron chi connectivity index (χ3n) is 2.66. The minimum Gasteiger partial charge on any atom is -0.394 e. The number of nitriles is 1. The van der Waals surface area contributed by atoms with E-state index in [1.54, 1.807) is 6.07 Å². The fraction of sp³-hybridized carbons (Fsp3) is 0.417. The summed E-state index contributed by atoms with van der Waals surface area (Å²) in [5.41, 5.74) is 1.25. The summed E-state index contributed by atoms with van der Waals surface area (Å²) in [4.78, 5) is 1.97. The van der Waals surface area contributed by atoms with Crippen LogP contribution in [0.1, 0.15) is 19.4 Å². The lowest BCUT2D eigenvalue weighted by molar-refractivity contribution is 0.216. The molecule has 0 amide bonds. The smallest absolute Gasteiger partial charge is 0.0992 e. The average molecular weight is 204 g/mol. The van der Waals surface area contributed by atoms with Crippen molar-refractivity contribution in [3.05, 3.63) is 29.8 Å². The first kappa shape index (κ1) is 11.5. The zero-order valence-corrected chi connectivity index (χ0v) is 9.36. The molecule has 0 aromatic heterocycles. The Morgan fingerprint density at radius 1 is 1.47 bits per heavy atom. The first-order valence-corrected chi connectivity index (χ1v) is 4.86. The van der Waals surface area contributed by atoms with Crippen molar-refractivity contribution < 1.29 is 5.11 Å². The Balaban J connectivity index is 3.02. The summed E-state index contributed by atoms with van der Waals surface area (Å²) < 4.78 is 0. The van der Waals surface area contributed by atoms with Gasteiger partial charge in [-0.25, -0.2) is 0 Å². The maximum absolute atomic E-state index is 9.25. The van der Waals surface area contributed by atoms with E-state index in [2.05, 4.69) is 6.07 Å². The predicted octanol–water partition coefficient (Wildman–Crippen LogP) is 1.77. The normalized spacial score (nSPS) is 10.9. The number of aliphatic hydroxyl groups is 1.